The molecule has 0 aromatic carbocycles. The van der Waals surface area contributed by atoms with Crippen LogP contribution < -0.4 is 4.74 Å². The molecule has 0 saturated heterocycles. The van der Waals surface area contributed by atoms with Crippen molar-refractivity contribution in [1.82, 2.24) is 4.98 Å². The Hall–Kier alpha value is -0.610. The molecule has 1 N–H and O–H groups in total. The van der Waals surface area contributed by atoms with Crippen LogP contribution in [0.15, 0.2) is 6.20 Å². The minimum absolute atomic E-state index is 0.585. The third-order valence-corrected chi connectivity index (χ3v) is 2.53. The Morgan fingerprint density at radius 1 is 1.64 bits per heavy atom. The summed E-state index contributed by atoms with van der Waals surface area (Å²) in [6.07, 6.45) is 1.63. The maximum absolute atomic E-state index is 9.51. The second-order valence-electron chi connectivity index (χ2n) is 2.75. The predicted molar refractivity (Wildman–Crippen MR) is 43.9 cm³/mol. The Labute approximate surface area is 69.7 Å². The van der Waals surface area contributed by atoms with Crippen molar-refractivity contribution in [2.75, 3.05) is 7.11 Å². The zero-order chi connectivity index (χ0) is 8.48. The van der Waals surface area contributed by atoms with Crippen molar-refractivity contribution in [2.45, 2.75) is 19.4 Å². The van der Waals surface area contributed by atoms with E-state index in [1.165, 1.54) is 11.3 Å². The lowest BCUT2D eigenvalue weighted by atomic mass is 10.1. The van der Waals surface area contributed by atoms with E-state index < -0.39 is 5.60 Å². The number of thiazole rings is 1. The van der Waals surface area contributed by atoms with E-state index in [-0.39, 0.29) is 0 Å². The maximum Gasteiger partial charge on any atom is 0.273 e. The molecule has 0 spiro atoms. The van der Waals surface area contributed by atoms with Gasteiger partial charge in [0.2, 0.25) is 0 Å². The number of methoxy groups -OCH3 is 1. The smallest absolute Gasteiger partial charge is 0.273 e. The molecular formula is C7H11NO2S. The number of nitrogens with zero attached hydrogens (tertiary/aromatic N) is 1. The highest BCUT2D eigenvalue weighted by molar-refractivity contribution is 7.13. The fourth-order valence-corrected chi connectivity index (χ4v) is 1.37. The molecule has 4 heteroatoms. The first-order valence-corrected chi connectivity index (χ1v) is 4.08. The molecule has 1 aromatic heterocycles. The van der Waals surface area contributed by atoms with Gasteiger partial charge in [0.1, 0.15) is 0 Å². The van der Waals surface area contributed by atoms with Gasteiger partial charge >= 0.3 is 0 Å². The molecule has 0 aliphatic heterocycles. The number of aliphatic hydroxyl groups is 1. The molecule has 11 heavy (non-hydrogen) atoms. The minimum Gasteiger partial charge on any atom is -0.473 e. The molecule has 0 atom stereocenters. The normalized spacial score (nSPS) is 11.6. The second kappa shape index (κ2) is 2.79. The summed E-state index contributed by atoms with van der Waals surface area (Å²) in [4.78, 5) is 4.75. The van der Waals surface area contributed by atoms with Crippen LogP contribution in [0.4, 0.5) is 0 Å². The number of ether oxygens (including phenoxy) is 1. The summed E-state index contributed by atoms with van der Waals surface area (Å²) in [5.74, 6) is 0. The van der Waals surface area contributed by atoms with Crippen molar-refractivity contribution in [3.05, 3.63) is 11.1 Å². The molecule has 0 unspecified atom stereocenters. The van der Waals surface area contributed by atoms with E-state index in [2.05, 4.69) is 4.98 Å². The molecule has 3 nitrogen and oxygen atoms in total. The van der Waals surface area contributed by atoms with Gasteiger partial charge in [-0.05, 0) is 13.8 Å². The van der Waals surface area contributed by atoms with Crippen LogP contribution in [0.5, 0.6) is 5.19 Å². The standard InChI is InChI=1S/C7H11NO2S/c1-7(2,9)5-4-8-6(10-3)11-5/h4,9H,1-3H3. The summed E-state index contributed by atoms with van der Waals surface area (Å²) in [7, 11) is 1.56. The first-order chi connectivity index (χ1) is 5.04. The summed E-state index contributed by atoms with van der Waals surface area (Å²) in [6.45, 7) is 3.44. The average Bonchev–Trinajstić information content (AvgIpc) is 2.32. The number of hydrogen-bond donors (Lipinski definition) is 1. The van der Waals surface area contributed by atoms with Crippen LogP contribution in [0, 0.1) is 0 Å². The number of aromatic nitrogens is 1. The van der Waals surface area contributed by atoms with Crippen LogP contribution in [0.2, 0.25) is 0 Å². The van der Waals surface area contributed by atoms with E-state index in [9.17, 15) is 5.11 Å². The highest BCUT2D eigenvalue weighted by Gasteiger charge is 2.19. The van der Waals surface area contributed by atoms with Crippen molar-refractivity contribution < 1.29 is 9.84 Å². The van der Waals surface area contributed by atoms with Crippen LogP contribution in [-0.2, 0) is 5.60 Å². The predicted octanol–water partition coefficient (Wildman–Crippen LogP) is 1.38. The Morgan fingerprint density at radius 3 is 2.55 bits per heavy atom. The van der Waals surface area contributed by atoms with E-state index in [0.717, 1.165) is 4.88 Å². The highest BCUT2D eigenvalue weighted by atomic mass is 32.1. The molecule has 0 radical (unpaired) electrons. The molecule has 0 saturated carbocycles. The molecule has 1 aromatic rings. The van der Waals surface area contributed by atoms with Gasteiger partial charge in [-0.25, -0.2) is 4.98 Å². The fourth-order valence-electron chi connectivity index (χ4n) is 0.635. The Balaban J connectivity index is 2.89. The molecule has 1 heterocycles. The molecular weight excluding hydrogens is 162 g/mol. The zero-order valence-electron chi connectivity index (χ0n) is 6.79. The van der Waals surface area contributed by atoms with Crippen molar-refractivity contribution in [2.24, 2.45) is 0 Å². The van der Waals surface area contributed by atoms with Crippen LogP contribution >= 0.6 is 11.3 Å². The first kappa shape index (κ1) is 8.49. The Kier molecular flexibility index (Phi) is 2.15. The van der Waals surface area contributed by atoms with Crippen molar-refractivity contribution in [3.8, 4) is 5.19 Å². The van der Waals surface area contributed by atoms with Gasteiger partial charge in [-0.15, -0.1) is 0 Å². The lowest BCUT2D eigenvalue weighted by Crippen LogP contribution is -2.12. The third kappa shape index (κ3) is 1.91. The van der Waals surface area contributed by atoms with Gasteiger partial charge < -0.3 is 9.84 Å². The summed E-state index contributed by atoms with van der Waals surface area (Å²) >= 11 is 1.36. The van der Waals surface area contributed by atoms with Gasteiger partial charge in [0.25, 0.3) is 5.19 Å². The number of hydrogen-bond acceptors (Lipinski definition) is 4. The first-order valence-electron chi connectivity index (χ1n) is 3.26. The molecule has 0 fully saturated rings. The molecule has 1 rings (SSSR count). The summed E-state index contributed by atoms with van der Waals surface area (Å²) in [5.41, 5.74) is -0.811. The highest BCUT2D eigenvalue weighted by Crippen LogP contribution is 2.29. The van der Waals surface area contributed by atoms with Gasteiger partial charge in [0.05, 0.1) is 17.6 Å². The van der Waals surface area contributed by atoms with Crippen LogP contribution in [-0.4, -0.2) is 17.2 Å². The quantitative estimate of drug-likeness (QED) is 0.734. The number of rotatable bonds is 2. The van der Waals surface area contributed by atoms with E-state index >= 15 is 0 Å². The fraction of sp³-hybridized carbons (Fsp3) is 0.571. The molecule has 0 amide bonds. The van der Waals surface area contributed by atoms with Crippen molar-refractivity contribution in [3.63, 3.8) is 0 Å². The molecule has 0 bridgehead atoms. The monoisotopic (exact) mass is 173 g/mol. The van der Waals surface area contributed by atoms with Gasteiger partial charge in [0.15, 0.2) is 0 Å². The molecule has 0 aliphatic carbocycles. The minimum atomic E-state index is -0.811. The zero-order valence-corrected chi connectivity index (χ0v) is 7.60. The lowest BCUT2D eigenvalue weighted by molar-refractivity contribution is 0.0823. The van der Waals surface area contributed by atoms with Crippen LogP contribution in [0.25, 0.3) is 0 Å². The maximum atomic E-state index is 9.51. The Morgan fingerprint density at radius 2 is 2.27 bits per heavy atom. The van der Waals surface area contributed by atoms with E-state index in [1.807, 2.05) is 0 Å². The topological polar surface area (TPSA) is 42.4 Å². The SMILES string of the molecule is COc1ncc(C(C)(C)O)s1. The van der Waals surface area contributed by atoms with Gasteiger partial charge in [-0.2, -0.15) is 0 Å². The third-order valence-electron chi connectivity index (χ3n) is 1.26. The van der Waals surface area contributed by atoms with Crippen molar-refractivity contribution >= 4 is 11.3 Å². The van der Waals surface area contributed by atoms with E-state index in [1.54, 1.807) is 27.2 Å². The van der Waals surface area contributed by atoms with Gasteiger partial charge in [-0.1, -0.05) is 11.3 Å². The van der Waals surface area contributed by atoms with Crippen molar-refractivity contribution in [1.29, 1.82) is 0 Å². The van der Waals surface area contributed by atoms with Gasteiger partial charge in [-0.3, -0.25) is 0 Å². The Bertz CT molecular complexity index is 239. The summed E-state index contributed by atoms with van der Waals surface area (Å²) in [5, 5.41) is 10.1. The van der Waals surface area contributed by atoms with Gasteiger partial charge in [0, 0.05) is 6.20 Å². The summed E-state index contributed by atoms with van der Waals surface area (Å²) < 4.78 is 4.89. The molecule has 62 valence electrons. The lowest BCUT2D eigenvalue weighted by Gasteiger charge is -2.12. The van der Waals surface area contributed by atoms with E-state index in [4.69, 9.17) is 4.74 Å². The largest absolute Gasteiger partial charge is 0.473 e. The van der Waals surface area contributed by atoms with Crippen LogP contribution in [0.3, 0.4) is 0 Å². The average molecular weight is 173 g/mol. The summed E-state index contributed by atoms with van der Waals surface area (Å²) in [6, 6.07) is 0. The van der Waals surface area contributed by atoms with Crippen LogP contribution in [0.1, 0.15) is 18.7 Å². The molecule has 0 aliphatic rings. The second-order valence-corrected chi connectivity index (χ2v) is 3.75. The van der Waals surface area contributed by atoms with E-state index in [0.29, 0.717) is 5.19 Å².